The van der Waals surface area contributed by atoms with Gasteiger partial charge in [-0.15, -0.1) is 0 Å². The molecule has 0 unspecified atom stereocenters. The molecule has 0 aliphatic carbocycles. The van der Waals surface area contributed by atoms with Crippen LogP contribution >= 0.6 is 0 Å². The number of carbonyl (C=O) groups is 3. The lowest BCUT2D eigenvalue weighted by Gasteiger charge is -2.07. The monoisotopic (exact) mass is 395 g/mol. The lowest BCUT2D eigenvalue weighted by molar-refractivity contribution is -0.141. The van der Waals surface area contributed by atoms with Gasteiger partial charge in [0, 0.05) is 24.0 Å². The van der Waals surface area contributed by atoms with Crippen LogP contribution in [-0.4, -0.2) is 37.3 Å². The van der Waals surface area contributed by atoms with Crippen molar-refractivity contribution in [3.05, 3.63) is 59.7 Å². The second kappa shape index (κ2) is 11.3. The molecule has 0 saturated heterocycles. The summed E-state index contributed by atoms with van der Waals surface area (Å²) in [5.41, 5.74) is 1.42. The molecule has 29 heavy (non-hydrogen) atoms. The highest BCUT2D eigenvalue weighted by atomic mass is 16.5. The third-order valence-electron chi connectivity index (χ3n) is 4.13. The molecule has 150 valence electrons. The molecule has 2 rings (SSSR count). The van der Waals surface area contributed by atoms with Gasteiger partial charge in [0.2, 0.25) is 6.08 Å². The zero-order chi connectivity index (χ0) is 21.1. The Morgan fingerprint density at radius 2 is 1.52 bits per heavy atom. The van der Waals surface area contributed by atoms with Crippen LogP contribution in [0.4, 0.5) is 5.69 Å². The van der Waals surface area contributed by atoms with E-state index in [4.69, 9.17) is 4.74 Å². The fourth-order valence-corrected chi connectivity index (χ4v) is 2.54. The molecule has 2 aromatic rings. The molecule has 0 saturated carbocycles. The number of benzene rings is 2. The van der Waals surface area contributed by atoms with Crippen LogP contribution in [0.1, 0.15) is 41.6 Å². The number of rotatable bonds is 11. The normalized spacial score (nSPS) is 9.97. The molecule has 0 bridgehead atoms. The van der Waals surface area contributed by atoms with Crippen molar-refractivity contribution in [3.8, 4) is 5.75 Å². The summed E-state index contributed by atoms with van der Waals surface area (Å²) in [5.74, 6) is 0.0352. The van der Waals surface area contributed by atoms with Gasteiger partial charge in [0.1, 0.15) is 11.5 Å². The first kappa shape index (κ1) is 21.7. The van der Waals surface area contributed by atoms with Crippen LogP contribution in [0.3, 0.4) is 0 Å². The summed E-state index contributed by atoms with van der Waals surface area (Å²) in [7, 11) is 1.29. The number of hydrogen-bond donors (Lipinski definition) is 0. The zero-order valence-electron chi connectivity index (χ0n) is 16.1. The Balaban J connectivity index is 1.79. The summed E-state index contributed by atoms with van der Waals surface area (Å²) in [6.07, 6.45) is 2.59. The van der Waals surface area contributed by atoms with E-state index in [2.05, 4.69) is 9.73 Å². The molecule has 0 aromatic heterocycles. The molecule has 7 heteroatoms. The Morgan fingerprint density at radius 1 is 0.897 bits per heavy atom. The number of aliphatic imine (C=N–C) groups is 1. The SMILES string of the molecule is COC(=O)CCC(=O)CCCOc1ccc(C(=O)c2ccc(N=C=O)cc2)cc1. The van der Waals surface area contributed by atoms with E-state index in [1.165, 1.54) is 13.2 Å². The summed E-state index contributed by atoms with van der Waals surface area (Å²) in [5, 5.41) is 0. The van der Waals surface area contributed by atoms with E-state index in [1.807, 2.05) is 0 Å². The number of esters is 1. The smallest absolute Gasteiger partial charge is 0.305 e. The van der Waals surface area contributed by atoms with Gasteiger partial charge in [0.25, 0.3) is 0 Å². The fourth-order valence-electron chi connectivity index (χ4n) is 2.54. The maximum atomic E-state index is 12.5. The van der Waals surface area contributed by atoms with Crippen molar-refractivity contribution in [2.24, 2.45) is 4.99 Å². The van der Waals surface area contributed by atoms with Gasteiger partial charge in [-0.1, -0.05) is 0 Å². The average molecular weight is 395 g/mol. The van der Waals surface area contributed by atoms with Crippen LogP contribution in [0.2, 0.25) is 0 Å². The highest BCUT2D eigenvalue weighted by molar-refractivity contribution is 6.09. The Bertz CT molecular complexity index is 896. The van der Waals surface area contributed by atoms with Crippen molar-refractivity contribution in [2.45, 2.75) is 25.7 Å². The number of isocyanates is 1. The molecule has 0 amide bonds. The van der Waals surface area contributed by atoms with E-state index in [0.717, 1.165) is 0 Å². The van der Waals surface area contributed by atoms with E-state index in [0.29, 0.717) is 42.0 Å². The average Bonchev–Trinajstić information content (AvgIpc) is 2.75. The third-order valence-corrected chi connectivity index (χ3v) is 4.13. The maximum Gasteiger partial charge on any atom is 0.305 e. The lowest BCUT2D eigenvalue weighted by Crippen LogP contribution is -2.07. The first-order valence-electron chi connectivity index (χ1n) is 9.07. The highest BCUT2D eigenvalue weighted by Crippen LogP contribution is 2.18. The van der Waals surface area contributed by atoms with E-state index >= 15 is 0 Å². The lowest BCUT2D eigenvalue weighted by atomic mass is 10.0. The molecular formula is C22H21NO6. The molecule has 0 heterocycles. The third kappa shape index (κ3) is 7.16. The molecule has 7 nitrogen and oxygen atoms in total. The Labute approximate surface area is 168 Å². The molecule has 0 fully saturated rings. The number of carbonyl (C=O) groups excluding carboxylic acids is 4. The first-order chi connectivity index (χ1) is 14.0. The number of nitrogens with zero attached hydrogens (tertiary/aromatic N) is 1. The van der Waals surface area contributed by atoms with Crippen LogP contribution in [-0.2, 0) is 19.1 Å². The Hall–Kier alpha value is -3.57. The molecule has 0 radical (unpaired) electrons. The van der Waals surface area contributed by atoms with Gasteiger partial charge in [0.05, 0.1) is 25.8 Å². The largest absolute Gasteiger partial charge is 0.494 e. The van der Waals surface area contributed by atoms with Crippen LogP contribution in [0.5, 0.6) is 5.75 Å². The fraction of sp³-hybridized carbons (Fsp3) is 0.273. The van der Waals surface area contributed by atoms with Crippen LogP contribution in [0, 0.1) is 0 Å². The maximum absolute atomic E-state index is 12.5. The van der Waals surface area contributed by atoms with Crippen molar-refractivity contribution in [2.75, 3.05) is 13.7 Å². The number of Topliss-reactive ketones (excluding diaryl/α,β-unsaturated/α-hetero) is 1. The van der Waals surface area contributed by atoms with Crippen molar-refractivity contribution < 1.29 is 28.7 Å². The first-order valence-corrected chi connectivity index (χ1v) is 9.07. The summed E-state index contributed by atoms with van der Waals surface area (Å²) in [6, 6.07) is 13.0. The summed E-state index contributed by atoms with van der Waals surface area (Å²) < 4.78 is 10.1. The van der Waals surface area contributed by atoms with Gasteiger partial charge >= 0.3 is 5.97 Å². The van der Waals surface area contributed by atoms with Gasteiger partial charge in [-0.05, 0) is 55.0 Å². The second-order valence-electron chi connectivity index (χ2n) is 6.17. The number of methoxy groups -OCH3 is 1. The van der Waals surface area contributed by atoms with Gasteiger partial charge in [-0.3, -0.25) is 14.4 Å². The van der Waals surface area contributed by atoms with Crippen molar-refractivity contribution in [3.63, 3.8) is 0 Å². The number of ketones is 2. The van der Waals surface area contributed by atoms with Crippen LogP contribution < -0.4 is 4.74 Å². The Morgan fingerprint density at radius 3 is 2.10 bits per heavy atom. The van der Waals surface area contributed by atoms with E-state index in [-0.39, 0.29) is 24.4 Å². The minimum absolute atomic E-state index is 0.00945. The molecule has 0 N–H and O–H groups in total. The van der Waals surface area contributed by atoms with Gasteiger partial charge in [-0.25, -0.2) is 4.79 Å². The highest BCUT2D eigenvalue weighted by Gasteiger charge is 2.10. The van der Waals surface area contributed by atoms with Crippen LogP contribution in [0.25, 0.3) is 0 Å². The minimum Gasteiger partial charge on any atom is -0.494 e. The molecule has 0 atom stereocenters. The molecule has 0 aliphatic rings. The van der Waals surface area contributed by atoms with E-state index in [9.17, 15) is 19.2 Å². The quantitative estimate of drug-likeness (QED) is 0.190. The van der Waals surface area contributed by atoms with Gasteiger partial charge < -0.3 is 9.47 Å². The molecule has 0 spiro atoms. The summed E-state index contributed by atoms with van der Waals surface area (Å²) >= 11 is 0. The topological polar surface area (TPSA) is 99.1 Å². The predicted molar refractivity (Wildman–Crippen MR) is 105 cm³/mol. The second-order valence-corrected chi connectivity index (χ2v) is 6.17. The van der Waals surface area contributed by atoms with Crippen molar-refractivity contribution >= 4 is 29.3 Å². The minimum atomic E-state index is -0.394. The predicted octanol–water partition coefficient (Wildman–Crippen LogP) is 3.57. The molecule has 2 aromatic carbocycles. The Kier molecular flexibility index (Phi) is 8.48. The van der Waals surface area contributed by atoms with Gasteiger partial charge in [0.15, 0.2) is 5.78 Å². The van der Waals surface area contributed by atoms with Gasteiger partial charge in [-0.2, -0.15) is 4.99 Å². The summed E-state index contributed by atoms with van der Waals surface area (Å²) in [4.78, 5) is 48.9. The summed E-state index contributed by atoms with van der Waals surface area (Å²) in [6.45, 7) is 0.357. The molecular weight excluding hydrogens is 374 g/mol. The molecule has 0 aliphatic heterocycles. The van der Waals surface area contributed by atoms with Crippen LogP contribution in [0.15, 0.2) is 53.5 Å². The standard InChI is InChI=1S/C22H21NO6/c1-28-21(26)13-10-19(25)3-2-14-29-20-11-6-17(7-12-20)22(27)16-4-8-18(9-5-16)23-15-24/h4-9,11-12H,2-3,10,13-14H2,1H3. The number of hydrogen-bond acceptors (Lipinski definition) is 7. The van der Waals surface area contributed by atoms with E-state index < -0.39 is 5.97 Å². The number of ether oxygens (including phenoxy) is 2. The van der Waals surface area contributed by atoms with Crippen molar-refractivity contribution in [1.82, 2.24) is 0 Å². The zero-order valence-corrected chi connectivity index (χ0v) is 16.1. The van der Waals surface area contributed by atoms with E-state index in [1.54, 1.807) is 48.5 Å². The van der Waals surface area contributed by atoms with Crippen molar-refractivity contribution in [1.29, 1.82) is 0 Å².